The molecule has 1 aromatic carbocycles. The Balaban J connectivity index is 1.69. The number of hydrogen-bond acceptors (Lipinski definition) is 11. The van der Waals surface area contributed by atoms with E-state index < -0.39 is 54.6 Å². The SMILES string of the molecule is CC(=O)OC[C@H]1O[C@@H](OCCCCCCCCCCCCOCc2ccccc2)[C@H](OC(C)=O)[C@@H](OC(C)=O)[C@@H]1OC(C)=O. The van der Waals surface area contributed by atoms with Gasteiger partial charge in [0.2, 0.25) is 0 Å². The minimum absolute atomic E-state index is 0.278. The van der Waals surface area contributed by atoms with Gasteiger partial charge in [0.15, 0.2) is 24.6 Å². The van der Waals surface area contributed by atoms with Gasteiger partial charge in [-0.25, -0.2) is 0 Å². The fraction of sp³-hybridized carbons (Fsp3) is 0.697. The Morgan fingerprint density at radius 2 is 1.11 bits per heavy atom. The van der Waals surface area contributed by atoms with Crippen LogP contribution < -0.4 is 0 Å². The van der Waals surface area contributed by atoms with Crippen molar-refractivity contribution >= 4 is 23.9 Å². The van der Waals surface area contributed by atoms with E-state index in [0.717, 1.165) is 38.7 Å². The molecule has 0 radical (unpaired) electrons. The number of carbonyl (C=O) groups excluding carboxylic acids is 4. The van der Waals surface area contributed by atoms with Crippen LogP contribution in [-0.4, -0.2) is 74.4 Å². The summed E-state index contributed by atoms with van der Waals surface area (Å²) in [6.07, 6.45) is 5.29. The molecule has 1 fully saturated rings. The summed E-state index contributed by atoms with van der Waals surface area (Å²) in [6, 6.07) is 10.2. The first-order chi connectivity index (χ1) is 21.2. The molecule has 1 aliphatic rings. The molecule has 0 N–H and O–H groups in total. The summed E-state index contributed by atoms with van der Waals surface area (Å²) < 4.78 is 38.9. The second-order valence-corrected chi connectivity index (χ2v) is 11.0. The van der Waals surface area contributed by atoms with Crippen LogP contribution in [0.25, 0.3) is 0 Å². The van der Waals surface area contributed by atoms with Gasteiger partial charge in [0.05, 0.1) is 6.61 Å². The van der Waals surface area contributed by atoms with Crippen LogP contribution in [0.2, 0.25) is 0 Å². The monoisotopic (exact) mass is 622 g/mol. The lowest BCUT2D eigenvalue weighted by Gasteiger charge is -2.44. The van der Waals surface area contributed by atoms with E-state index in [0.29, 0.717) is 13.2 Å². The van der Waals surface area contributed by atoms with Gasteiger partial charge in [-0.15, -0.1) is 0 Å². The Labute approximate surface area is 261 Å². The Hall–Kier alpha value is -3.02. The predicted molar refractivity (Wildman–Crippen MR) is 160 cm³/mol. The maximum atomic E-state index is 11.9. The van der Waals surface area contributed by atoms with Crippen LogP contribution >= 0.6 is 0 Å². The van der Waals surface area contributed by atoms with Gasteiger partial charge in [-0.3, -0.25) is 19.2 Å². The summed E-state index contributed by atoms with van der Waals surface area (Å²) in [5.74, 6) is -2.57. The van der Waals surface area contributed by atoms with Crippen LogP contribution in [0.5, 0.6) is 0 Å². The molecule has 44 heavy (non-hydrogen) atoms. The van der Waals surface area contributed by atoms with E-state index in [2.05, 4.69) is 12.1 Å². The minimum atomic E-state index is -1.22. The van der Waals surface area contributed by atoms with Crippen molar-refractivity contribution < 1.29 is 52.3 Å². The van der Waals surface area contributed by atoms with Gasteiger partial charge in [-0.2, -0.15) is 0 Å². The molecule has 11 heteroatoms. The van der Waals surface area contributed by atoms with Crippen molar-refractivity contribution in [2.45, 2.75) is 129 Å². The van der Waals surface area contributed by atoms with Crippen LogP contribution in [0.1, 0.15) is 97.5 Å². The van der Waals surface area contributed by atoms with E-state index in [1.807, 2.05) is 18.2 Å². The van der Waals surface area contributed by atoms with Crippen LogP contribution in [0.15, 0.2) is 30.3 Å². The highest BCUT2D eigenvalue weighted by Gasteiger charge is 2.52. The van der Waals surface area contributed by atoms with E-state index in [-0.39, 0.29) is 6.61 Å². The van der Waals surface area contributed by atoms with Crippen LogP contribution in [0.3, 0.4) is 0 Å². The molecular weight excluding hydrogens is 572 g/mol. The zero-order valence-electron chi connectivity index (χ0n) is 26.7. The summed E-state index contributed by atoms with van der Waals surface area (Å²) >= 11 is 0. The summed E-state index contributed by atoms with van der Waals surface area (Å²) in [5, 5.41) is 0. The molecule has 0 bridgehead atoms. The van der Waals surface area contributed by atoms with Crippen molar-refractivity contribution in [1.29, 1.82) is 0 Å². The fourth-order valence-corrected chi connectivity index (χ4v) is 5.01. The number of ether oxygens (including phenoxy) is 7. The van der Waals surface area contributed by atoms with Gasteiger partial charge in [0.1, 0.15) is 12.7 Å². The highest BCUT2D eigenvalue weighted by molar-refractivity contribution is 5.68. The lowest BCUT2D eigenvalue weighted by molar-refractivity contribution is -0.308. The average molecular weight is 623 g/mol. The first-order valence-corrected chi connectivity index (χ1v) is 15.7. The van der Waals surface area contributed by atoms with E-state index >= 15 is 0 Å². The first kappa shape index (κ1) is 37.2. The molecule has 1 aromatic rings. The summed E-state index contributed by atoms with van der Waals surface area (Å²) in [6.45, 7) is 6.30. The normalized spacial score (nSPS) is 21.3. The molecule has 1 aliphatic heterocycles. The molecule has 0 spiro atoms. The molecule has 0 unspecified atom stereocenters. The molecule has 0 aliphatic carbocycles. The Morgan fingerprint density at radius 3 is 1.66 bits per heavy atom. The molecule has 5 atom stereocenters. The van der Waals surface area contributed by atoms with Crippen molar-refractivity contribution in [2.24, 2.45) is 0 Å². The first-order valence-electron chi connectivity index (χ1n) is 15.7. The molecule has 0 aromatic heterocycles. The van der Waals surface area contributed by atoms with Gasteiger partial charge < -0.3 is 33.2 Å². The second-order valence-electron chi connectivity index (χ2n) is 11.0. The smallest absolute Gasteiger partial charge is 0.303 e. The van der Waals surface area contributed by atoms with Gasteiger partial charge in [0, 0.05) is 40.9 Å². The van der Waals surface area contributed by atoms with Gasteiger partial charge >= 0.3 is 23.9 Å². The Kier molecular flexibility index (Phi) is 18.3. The van der Waals surface area contributed by atoms with Crippen LogP contribution in [-0.2, 0) is 58.9 Å². The Bertz CT molecular complexity index is 983. The molecule has 1 heterocycles. The summed E-state index contributed by atoms with van der Waals surface area (Å²) in [5.41, 5.74) is 1.21. The van der Waals surface area contributed by atoms with Gasteiger partial charge in [-0.1, -0.05) is 81.7 Å². The van der Waals surface area contributed by atoms with Crippen molar-refractivity contribution in [3.63, 3.8) is 0 Å². The van der Waals surface area contributed by atoms with Gasteiger partial charge in [-0.05, 0) is 18.4 Å². The lowest BCUT2D eigenvalue weighted by Crippen LogP contribution is -2.63. The number of esters is 4. The predicted octanol–water partition coefficient (Wildman–Crippen LogP) is 5.20. The number of hydrogen-bond donors (Lipinski definition) is 0. The quantitative estimate of drug-likeness (QED) is 0.102. The van der Waals surface area contributed by atoms with Crippen LogP contribution in [0.4, 0.5) is 0 Å². The van der Waals surface area contributed by atoms with E-state index in [4.69, 9.17) is 33.2 Å². The highest BCUT2D eigenvalue weighted by Crippen LogP contribution is 2.30. The van der Waals surface area contributed by atoms with Crippen molar-refractivity contribution in [2.75, 3.05) is 19.8 Å². The summed E-state index contributed by atoms with van der Waals surface area (Å²) in [7, 11) is 0. The largest absolute Gasteiger partial charge is 0.463 e. The molecule has 0 saturated carbocycles. The zero-order valence-corrected chi connectivity index (χ0v) is 26.7. The highest BCUT2D eigenvalue weighted by atomic mass is 16.7. The maximum Gasteiger partial charge on any atom is 0.303 e. The molecule has 2 rings (SSSR count). The number of carbonyl (C=O) groups is 4. The number of rotatable bonds is 21. The van der Waals surface area contributed by atoms with Crippen molar-refractivity contribution in [3.05, 3.63) is 35.9 Å². The molecule has 0 amide bonds. The number of benzene rings is 1. The lowest BCUT2D eigenvalue weighted by atomic mass is 9.98. The van der Waals surface area contributed by atoms with Crippen molar-refractivity contribution in [1.82, 2.24) is 0 Å². The third-order valence-electron chi connectivity index (χ3n) is 7.02. The van der Waals surface area contributed by atoms with E-state index in [1.54, 1.807) is 0 Å². The molecule has 11 nitrogen and oxygen atoms in total. The van der Waals surface area contributed by atoms with E-state index in [1.165, 1.54) is 65.4 Å². The minimum Gasteiger partial charge on any atom is -0.463 e. The zero-order chi connectivity index (χ0) is 32.2. The molecular formula is C33H50O11. The third-order valence-corrected chi connectivity index (χ3v) is 7.02. The third kappa shape index (κ3) is 15.6. The fourth-order valence-electron chi connectivity index (χ4n) is 5.01. The van der Waals surface area contributed by atoms with Gasteiger partial charge in [0.25, 0.3) is 0 Å². The molecule has 1 saturated heterocycles. The topological polar surface area (TPSA) is 133 Å². The average Bonchev–Trinajstić information content (AvgIpc) is 2.96. The summed E-state index contributed by atoms with van der Waals surface area (Å²) in [4.78, 5) is 47.1. The second kappa shape index (κ2) is 21.6. The Morgan fingerprint density at radius 1 is 0.614 bits per heavy atom. The number of unbranched alkanes of at least 4 members (excludes halogenated alkanes) is 9. The van der Waals surface area contributed by atoms with Crippen LogP contribution in [0, 0.1) is 0 Å². The maximum absolute atomic E-state index is 11.9. The molecule has 248 valence electrons. The van der Waals surface area contributed by atoms with Crippen molar-refractivity contribution in [3.8, 4) is 0 Å². The van der Waals surface area contributed by atoms with E-state index in [9.17, 15) is 19.2 Å². The standard InChI is InChI=1S/C33H50O11/c1-24(34)40-23-29-30(41-25(2)35)31(42-26(3)36)32(43-27(4)37)33(44-29)39-21-17-12-10-8-6-5-7-9-11-16-20-38-22-28-18-14-13-15-19-28/h13-15,18-19,29-33H,5-12,16-17,20-23H2,1-4H3/t29-,30-,31+,32-,33-/m1/s1.